The molecular formula is C21H21N5O3. The fourth-order valence-corrected chi connectivity index (χ4v) is 3.88. The number of hydrogen-bond donors (Lipinski definition) is 1. The number of para-hydroxylation sites is 1. The van der Waals surface area contributed by atoms with E-state index < -0.39 is 0 Å². The summed E-state index contributed by atoms with van der Waals surface area (Å²) < 4.78 is 12.1. The number of aromatic amines is 1. The zero-order chi connectivity index (χ0) is 20.0. The van der Waals surface area contributed by atoms with Crippen molar-refractivity contribution >= 4 is 5.65 Å². The molecular weight excluding hydrogens is 370 g/mol. The molecule has 1 aliphatic rings. The number of hydrogen-bond acceptors (Lipinski definition) is 6. The summed E-state index contributed by atoms with van der Waals surface area (Å²) in [5.74, 6) is 1.59. The summed E-state index contributed by atoms with van der Waals surface area (Å²) in [5, 5.41) is 7.11. The fraction of sp³-hybridized carbons (Fsp3) is 0.286. The second kappa shape index (κ2) is 6.89. The van der Waals surface area contributed by atoms with Gasteiger partial charge < -0.3 is 9.26 Å². The molecule has 29 heavy (non-hydrogen) atoms. The minimum Gasteiger partial charge on any atom is -0.496 e. The van der Waals surface area contributed by atoms with Gasteiger partial charge in [0.05, 0.1) is 18.5 Å². The predicted octanol–water partition coefficient (Wildman–Crippen LogP) is 2.55. The Morgan fingerprint density at radius 3 is 2.93 bits per heavy atom. The highest BCUT2D eigenvalue weighted by molar-refractivity contribution is 5.60. The quantitative estimate of drug-likeness (QED) is 0.575. The number of rotatable bonds is 4. The van der Waals surface area contributed by atoms with Gasteiger partial charge >= 0.3 is 0 Å². The van der Waals surface area contributed by atoms with Crippen LogP contribution < -0.4 is 10.3 Å². The second-order valence-electron chi connectivity index (χ2n) is 7.30. The van der Waals surface area contributed by atoms with Gasteiger partial charge in [-0.25, -0.2) is 9.50 Å². The SMILES string of the molecule is COc1ccccc1CN1CCc2c(nc3cc(-c4cc(C)on4)[nH]n3c2=O)C1. The van der Waals surface area contributed by atoms with Crippen molar-refractivity contribution in [1.82, 2.24) is 24.7 Å². The Bertz CT molecular complexity index is 1250. The first-order valence-electron chi connectivity index (χ1n) is 9.54. The maximum atomic E-state index is 13.0. The summed E-state index contributed by atoms with van der Waals surface area (Å²) in [6, 6.07) is 11.7. The van der Waals surface area contributed by atoms with Crippen molar-refractivity contribution in [2.45, 2.75) is 26.4 Å². The molecule has 8 nitrogen and oxygen atoms in total. The Hall–Kier alpha value is -3.39. The maximum absolute atomic E-state index is 13.0. The van der Waals surface area contributed by atoms with Gasteiger partial charge in [0.2, 0.25) is 0 Å². The van der Waals surface area contributed by atoms with E-state index in [0.717, 1.165) is 35.7 Å². The molecule has 0 radical (unpaired) electrons. The number of benzene rings is 1. The molecule has 148 valence electrons. The van der Waals surface area contributed by atoms with Crippen LogP contribution in [0, 0.1) is 6.92 Å². The lowest BCUT2D eigenvalue weighted by molar-refractivity contribution is 0.237. The molecule has 1 N–H and O–H groups in total. The summed E-state index contributed by atoms with van der Waals surface area (Å²) in [6.45, 7) is 4.01. The van der Waals surface area contributed by atoms with Crippen molar-refractivity contribution in [3.63, 3.8) is 0 Å². The number of aryl methyl sites for hydroxylation is 1. The lowest BCUT2D eigenvalue weighted by Gasteiger charge is -2.28. The number of aromatic nitrogens is 4. The molecule has 4 aromatic rings. The molecule has 0 unspecified atom stereocenters. The predicted molar refractivity (Wildman–Crippen MR) is 107 cm³/mol. The Morgan fingerprint density at radius 1 is 1.28 bits per heavy atom. The van der Waals surface area contributed by atoms with Crippen molar-refractivity contribution in [1.29, 1.82) is 0 Å². The highest BCUT2D eigenvalue weighted by Crippen LogP contribution is 2.24. The Balaban J connectivity index is 1.47. The van der Waals surface area contributed by atoms with Crippen molar-refractivity contribution < 1.29 is 9.26 Å². The number of ether oxygens (including phenoxy) is 1. The number of methoxy groups -OCH3 is 1. The summed E-state index contributed by atoms with van der Waals surface area (Å²) in [4.78, 5) is 20.1. The van der Waals surface area contributed by atoms with Gasteiger partial charge in [-0.15, -0.1) is 0 Å². The van der Waals surface area contributed by atoms with Crippen LogP contribution in [-0.2, 0) is 19.5 Å². The first-order valence-corrected chi connectivity index (χ1v) is 9.54. The summed E-state index contributed by atoms with van der Waals surface area (Å²) in [6.07, 6.45) is 0.663. The zero-order valence-electron chi connectivity index (χ0n) is 16.3. The third kappa shape index (κ3) is 3.11. The van der Waals surface area contributed by atoms with Crippen LogP contribution in [0.5, 0.6) is 5.75 Å². The molecule has 0 fully saturated rings. The van der Waals surface area contributed by atoms with Crippen LogP contribution in [0.2, 0.25) is 0 Å². The Kier molecular flexibility index (Phi) is 4.21. The van der Waals surface area contributed by atoms with E-state index in [1.807, 2.05) is 37.3 Å². The topological polar surface area (TPSA) is 88.7 Å². The van der Waals surface area contributed by atoms with E-state index in [4.69, 9.17) is 14.2 Å². The lowest BCUT2D eigenvalue weighted by Crippen LogP contribution is -2.36. The molecule has 1 aromatic carbocycles. The van der Waals surface area contributed by atoms with E-state index in [2.05, 4.69) is 21.2 Å². The molecule has 0 amide bonds. The summed E-state index contributed by atoms with van der Waals surface area (Å²) in [5.41, 5.74) is 4.63. The van der Waals surface area contributed by atoms with Crippen LogP contribution in [-0.4, -0.2) is 38.3 Å². The molecule has 0 bridgehead atoms. The molecule has 4 heterocycles. The minimum absolute atomic E-state index is 0.0478. The highest BCUT2D eigenvalue weighted by atomic mass is 16.5. The number of nitrogens with one attached hydrogen (secondary N) is 1. The van der Waals surface area contributed by atoms with E-state index >= 15 is 0 Å². The van der Waals surface area contributed by atoms with Crippen LogP contribution in [0.25, 0.3) is 17.0 Å². The van der Waals surface area contributed by atoms with Gasteiger partial charge in [0.1, 0.15) is 17.2 Å². The van der Waals surface area contributed by atoms with Crippen LogP contribution >= 0.6 is 0 Å². The smallest absolute Gasteiger partial charge is 0.276 e. The molecule has 0 saturated carbocycles. The molecule has 8 heteroatoms. The van der Waals surface area contributed by atoms with Gasteiger partial charge in [-0.05, 0) is 19.4 Å². The van der Waals surface area contributed by atoms with E-state index in [0.29, 0.717) is 35.8 Å². The summed E-state index contributed by atoms with van der Waals surface area (Å²) >= 11 is 0. The van der Waals surface area contributed by atoms with Gasteiger partial charge in [0.15, 0.2) is 5.65 Å². The second-order valence-corrected chi connectivity index (χ2v) is 7.30. The average molecular weight is 391 g/mol. The Labute approximate surface area is 166 Å². The first kappa shape index (κ1) is 17.7. The van der Waals surface area contributed by atoms with Crippen molar-refractivity contribution in [3.05, 3.63) is 69.3 Å². The molecule has 1 aliphatic heterocycles. The number of nitrogens with zero attached hydrogens (tertiary/aromatic N) is 4. The van der Waals surface area contributed by atoms with E-state index in [1.165, 1.54) is 4.52 Å². The van der Waals surface area contributed by atoms with E-state index in [1.54, 1.807) is 7.11 Å². The molecule has 0 saturated heterocycles. The van der Waals surface area contributed by atoms with Crippen LogP contribution in [0.1, 0.15) is 22.6 Å². The van der Waals surface area contributed by atoms with Crippen LogP contribution in [0.4, 0.5) is 0 Å². The standard InChI is InChI=1S/C21H21N5O3/c1-13-9-17(24-29-13)16-10-20-22-18-12-25(8-7-15(18)21(27)26(20)23-16)11-14-5-3-4-6-19(14)28-2/h3-6,9-10,23H,7-8,11-12H2,1-2H3. The van der Waals surface area contributed by atoms with Crippen LogP contribution in [0.15, 0.2) is 45.7 Å². The van der Waals surface area contributed by atoms with Crippen molar-refractivity contribution in [2.24, 2.45) is 0 Å². The normalized spacial score (nSPS) is 14.3. The van der Waals surface area contributed by atoms with Crippen LogP contribution in [0.3, 0.4) is 0 Å². The molecule has 0 spiro atoms. The van der Waals surface area contributed by atoms with Gasteiger partial charge in [0, 0.05) is 42.9 Å². The summed E-state index contributed by atoms with van der Waals surface area (Å²) in [7, 11) is 1.68. The maximum Gasteiger partial charge on any atom is 0.276 e. The number of H-pyrrole nitrogens is 1. The lowest BCUT2D eigenvalue weighted by atomic mass is 10.1. The van der Waals surface area contributed by atoms with Gasteiger partial charge in [0.25, 0.3) is 5.56 Å². The largest absolute Gasteiger partial charge is 0.496 e. The van der Waals surface area contributed by atoms with E-state index in [-0.39, 0.29) is 5.56 Å². The molecule has 0 aliphatic carbocycles. The molecule has 3 aromatic heterocycles. The third-order valence-electron chi connectivity index (χ3n) is 5.34. The minimum atomic E-state index is -0.0478. The monoisotopic (exact) mass is 391 g/mol. The first-order chi connectivity index (χ1) is 14.1. The van der Waals surface area contributed by atoms with Gasteiger partial charge in [-0.3, -0.25) is 14.8 Å². The number of fused-ring (bicyclic) bond motifs is 2. The average Bonchev–Trinajstić information content (AvgIpc) is 3.35. The van der Waals surface area contributed by atoms with Crippen molar-refractivity contribution in [2.75, 3.05) is 13.7 Å². The fourth-order valence-electron chi connectivity index (χ4n) is 3.88. The van der Waals surface area contributed by atoms with Crippen molar-refractivity contribution in [3.8, 4) is 17.1 Å². The zero-order valence-corrected chi connectivity index (χ0v) is 16.3. The van der Waals surface area contributed by atoms with Gasteiger partial charge in [-0.1, -0.05) is 23.4 Å². The van der Waals surface area contributed by atoms with E-state index in [9.17, 15) is 4.79 Å². The third-order valence-corrected chi connectivity index (χ3v) is 5.34. The molecule has 0 atom stereocenters. The Morgan fingerprint density at radius 2 is 2.14 bits per heavy atom. The molecule has 5 rings (SSSR count). The highest BCUT2D eigenvalue weighted by Gasteiger charge is 2.23. The van der Waals surface area contributed by atoms with Gasteiger partial charge in [-0.2, -0.15) is 0 Å².